The summed E-state index contributed by atoms with van der Waals surface area (Å²) in [6.07, 6.45) is 0. The van der Waals surface area contributed by atoms with Crippen molar-refractivity contribution < 1.29 is 8.83 Å². The van der Waals surface area contributed by atoms with Crippen LogP contribution in [0.1, 0.15) is 0 Å². The molecule has 0 unspecified atom stereocenters. The van der Waals surface area contributed by atoms with Gasteiger partial charge in [0.15, 0.2) is 0 Å². The van der Waals surface area contributed by atoms with Gasteiger partial charge in [-0.2, -0.15) is 0 Å². The summed E-state index contributed by atoms with van der Waals surface area (Å²) < 4.78 is 14.1. The van der Waals surface area contributed by atoms with E-state index in [1.165, 1.54) is 0 Å². The fourth-order valence-electron chi connectivity index (χ4n) is 11.0. The van der Waals surface area contributed by atoms with Crippen LogP contribution >= 0.6 is 0 Å². The Kier molecular flexibility index (Phi) is 10.5. The van der Waals surface area contributed by atoms with Crippen molar-refractivity contribution in [3.8, 4) is 44.9 Å². The van der Waals surface area contributed by atoms with E-state index in [2.05, 4.69) is 289 Å². The van der Waals surface area contributed by atoms with E-state index in [-0.39, 0.29) is 0 Å². The summed E-state index contributed by atoms with van der Waals surface area (Å²) in [6.45, 7) is 0. The predicted molar refractivity (Wildman–Crippen MR) is 310 cm³/mol. The van der Waals surface area contributed by atoms with Crippen molar-refractivity contribution in [2.24, 2.45) is 0 Å². The Hall–Kier alpha value is -9.90. The third kappa shape index (κ3) is 7.48. The summed E-state index contributed by atoms with van der Waals surface area (Å²) in [6, 6.07) is 99.1. The van der Waals surface area contributed by atoms with Gasteiger partial charge in [0.25, 0.3) is 0 Å². The van der Waals surface area contributed by atoms with Crippen molar-refractivity contribution in [2.45, 2.75) is 0 Å². The first kappa shape index (κ1) is 42.9. The fourth-order valence-corrected chi connectivity index (χ4v) is 11.0. The van der Waals surface area contributed by atoms with E-state index in [9.17, 15) is 0 Å². The van der Waals surface area contributed by atoms with E-state index in [1.54, 1.807) is 0 Å². The van der Waals surface area contributed by atoms with E-state index >= 15 is 0 Å². The topological polar surface area (TPSA) is 32.8 Å². The Balaban J connectivity index is 0.908. The van der Waals surface area contributed by atoms with Gasteiger partial charge < -0.3 is 18.6 Å². The predicted octanol–water partition coefficient (Wildman–Crippen LogP) is 20.2. The van der Waals surface area contributed by atoms with E-state index in [1.807, 2.05) is 0 Å². The van der Waals surface area contributed by atoms with Crippen molar-refractivity contribution in [3.63, 3.8) is 0 Å². The number of hydrogen-bond donors (Lipinski definition) is 0. The molecule has 0 amide bonds. The molecule has 348 valence electrons. The SMILES string of the molecule is c1ccc(-c2c(-c3ccc4cc(N(c5ccccc5)c5ccccc5)ccc4c3)oc3ccc4c(ccc5oc(-c6ccc7cc(N(c8ccccc8)c8ccccc8)ccc7c6)c(-c6ccccc6)c54)c23)cc1. The summed E-state index contributed by atoms with van der Waals surface area (Å²) in [5.74, 6) is 1.68. The van der Waals surface area contributed by atoms with E-state index in [4.69, 9.17) is 8.83 Å². The van der Waals surface area contributed by atoms with Crippen LogP contribution in [0.4, 0.5) is 34.1 Å². The first-order valence-corrected chi connectivity index (χ1v) is 25.1. The Labute approximate surface area is 428 Å². The van der Waals surface area contributed by atoms with Crippen molar-refractivity contribution in [1.82, 2.24) is 0 Å². The lowest BCUT2D eigenvalue weighted by Crippen LogP contribution is -2.09. The maximum atomic E-state index is 7.06. The Morgan fingerprint density at radius 3 is 0.892 bits per heavy atom. The fraction of sp³-hybridized carbons (Fsp3) is 0. The molecule has 2 aromatic heterocycles. The summed E-state index contributed by atoms with van der Waals surface area (Å²) >= 11 is 0. The molecule has 74 heavy (non-hydrogen) atoms. The van der Waals surface area contributed by atoms with Crippen LogP contribution in [0.15, 0.2) is 288 Å². The van der Waals surface area contributed by atoms with Crippen molar-refractivity contribution >= 4 is 88.4 Å². The lowest BCUT2D eigenvalue weighted by atomic mass is 9.91. The average Bonchev–Trinajstić information content (AvgIpc) is 4.07. The minimum atomic E-state index is 0.833. The van der Waals surface area contributed by atoms with E-state index in [0.29, 0.717) is 0 Å². The van der Waals surface area contributed by atoms with Crippen LogP contribution in [0.2, 0.25) is 0 Å². The normalized spacial score (nSPS) is 11.5. The van der Waals surface area contributed by atoms with Gasteiger partial charge in [-0.15, -0.1) is 0 Å². The summed E-state index contributed by atoms with van der Waals surface area (Å²) in [5, 5.41) is 8.91. The molecule has 0 bridgehead atoms. The van der Waals surface area contributed by atoms with Gasteiger partial charge in [0, 0.05) is 67.2 Å². The van der Waals surface area contributed by atoms with E-state index < -0.39 is 0 Å². The number of rotatable bonds is 10. The number of anilines is 6. The summed E-state index contributed by atoms with van der Waals surface area (Å²) in [7, 11) is 0. The lowest BCUT2D eigenvalue weighted by molar-refractivity contribution is 0.632. The molecule has 0 N–H and O–H groups in total. The molecule has 14 aromatic rings. The largest absolute Gasteiger partial charge is 0.455 e. The average molecular weight is 947 g/mol. The highest BCUT2D eigenvalue weighted by Gasteiger charge is 2.25. The monoisotopic (exact) mass is 946 g/mol. The van der Waals surface area contributed by atoms with Gasteiger partial charge in [-0.05, 0) is 153 Å². The summed E-state index contributed by atoms with van der Waals surface area (Å²) in [5.41, 5.74) is 14.6. The van der Waals surface area contributed by atoms with Crippen LogP contribution in [0.5, 0.6) is 0 Å². The molecule has 0 fully saturated rings. The minimum Gasteiger partial charge on any atom is -0.455 e. The zero-order valence-corrected chi connectivity index (χ0v) is 40.3. The third-order valence-corrected chi connectivity index (χ3v) is 14.4. The Morgan fingerprint density at radius 1 is 0.230 bits per heavy atom. The van der Waals surface area contributed by atoms with Gasteiger partial charge in [0.05, 0.1) is 0 Å². The molecule has 14 rings (SSSR count). The molecule has 0 spiro atoms. The lowest BCUT2D eigenvalue weighted by Gasteiger charge is -2.25. The highest BCUT2D eigenvalue weighted by Crippen LogP contribution is 2.50. The molecular weight excluding hydrogens is 901 g/mol. The first-order valence-electron chi connectivity index (χ1n) is 25.1. The van der Waals surface area contributed by atoms with Crippen LogP contribution in [0.3, 0.4) is 0 Å². The maximum absolute atomic E-state index is 7.06. The van der Waals surface area contributed by atoms with Gasteiger partial charge in [0.1, 0.15) is 22.7 Å². The Bertz CT molecular complexity index is 3980. The van der Waals surface area contributed by atoms with Gasteiger partial charge in [-0.3, -0.25) is 0 Å². The number of para-hydroxylation sites is 4. The van der Waals surface area contributed by atoms with Gasteiger partial charge in [0.2, 0.25) is 0 Å². The molecule has 0 aliphatic rings. The first-order chi connectivity index (χ1) is 36.7. The number of furan rings is 2. The van der Waals surface area contributed by atoms with Gasteiger partial charge >= 0.3 is 0 Å². The maximum Gasteiger partial charge on any atom is 0.143 e. The van der Waals surface area contributed by atoms with Gasteiger partial charge in [-0.1, -0.05) is 170 Å². The second-order valence-corrected chi connectivity index (χ2v) is 18.8. The molecule has 0 saturated heterocycles. The van der Waals surface area contributed by atoms with Crippen molar-refractivity contribution in [3.05, 3.63) is 279 Å². The molecule has 4 nitrogen and oxygen atoms in total. The van der Waals surface area contributed by atoms with Crippen LogP contribution < -0.4 is 9.80 Å². The molecular formula is C70H46N2O2. The zero-order chi connectivity index (χ0) is 49.0. The quantitative estimate of drug-likeness (QED) is 0.137. The van der Waals surface area contributed by atoms with Crippen LogP contribution in [0.25, 0.3) is 99.2 Å². The smallest absolute Gasteiger partial charge is 0.143 e. The Morgan fingerprint density at radius 2 is 0.541 bits per heavy atom. The molecule has 12 aromatic carbocycles. The molecule has 4 heteroatoms. The molecule has 0 saturated carbocycles. The van der Waals surface area contributed by atoms with Crippen LogP contribution in [-0.4, -0.2) is 0 Å². The standard InChI is InChI=1S/C70H46N2O2/c1-7-19-47(20-8-1)65-67-61-39-42-64-68(62(61)40-41-63(67)73-69(65)53-33-31-51-45-59(37-35-49(51)43-53)71(55-23-11-3-12-24-55)56-25-13-4-14-26-56)66(48-21-9-2-10-22-48)70(74-64)54-34-32-52-46-60(38-36-50(52)44-54)72(57-27-15-5-16-28-57)58-29-17-6-18-30-58/h1-46H. The van der Waals surface area contributed by atoms with E-state index in [0.717, 1.165) is 133 Å². The van der Waals surface area contributed by atoms with Crippen LogP contribution in [0, 0.1) is 0 Å². The van der Waals surface area contributed by atoms with Gasteiger partial charge in [-0.25, -0.2) is 0 Å². The molecule has 0 aliphatic carbocycles. The number of nitrogens with zero attached hydrogens (tertiary/aromatic N) is 2. The number of fused-ring (bicyclic) bond motifs is 7. The molecule has 0 atom stereocenters. The highest BCUT2D eigenvalue weighted by molar-refractivity contribution is 6.25. The second-order valence-electron chi connectivity index (χ2n) is 18.8. The second kappa shape index (κ2) is 18.1. The third-order valence-electron chi connectivity index (χ3n) is 14.4. The number of hydrogen-bond acceptors (Lipinski definition) is 4. The summed E-state index contributed by atoms with van der Waals surface area (Å²) in [4.78, 5) is 4.61. The highest BCUT2D eigenvalue weighted by atomic mass is 16.3. The van der Waals surface area contributed by atoms with Crippen LogP contribution in [-0.2, 0) is 0 Å². The minimum absolute atomic E-state index is 0.833. The molecule has 0 radical (unpaired) electrons. The number of benzene rings is 12. The molecule has 2 heterocycles. The molecule has 0 aliphatic heterocycles. The van der Waals surface area contributed by atoms with Crippen molar-refractivity contribution in [1.29, 1.82) is 0 Å². The van der Waals surface area contributed by atoms with Crippen molar-refractivity contribution in [2.75, 3.05) is 9.80 Å². The zero-order valence-electron chi connectivity index (χ0n) is 40.3.